The highest BCUT2D eigenvalue weighted by molar-refractivity contribution is 9.11. The maximum atomic E-state index is 4.51. The Morgan fingerprint density at radius 2 is 2.06 bits per heavy atom. The van der Waals surface area contributed by atoms with E-state index in [1.807, 2.05) is 0 Å². The number of aromatic nitrogens is 1. The van der Waals surface area contributed by atoms with Crippen LogP contribution in [0.4, 0.5) is 0 Å². The molecule has 0 aliphatic carbocycles. The second-order valence-corrected chi connectivity index (χ2v) is 6.61. The lowest BCUT2D eigenvalue weighted by atomic mass is 10.3. The van der Waals surface area contributed by atoms with E-state index in [-0.39, 0.29) is 0 Å². The van der Waals surface area contributed by atoms with Crippen molar-refractivity contribution in [1.82, 2.24) is 14.8 Å². The van der Waals surface area contributed by atoms with Gasteiger partial charge in [-0.2, -0.15) is 0 Å². The van der Waals surface area contributed by atoms with E-state index >= 15 is 0 Å². The van der Waals surface area contributed by atoms with Gasteiger partial charge in [0, 0.05) is 49.1 Å². The molecule has 0 radical (unpaired) electrons. The zero-order chi connectivity index (χ0) is 12.3. The van der Waals surface area contributed by atoms with Crippen molar-refractivity contribution in [2.75, 3.05) is 32.7 Å². The molecule has 1 saturated heterocycles. The Labute approximate surface area is 115 Å². The molecule has 1 fully saturated rings. The van der Waals surface area contributed by atoms with E-state index in [0.717, 1.165) is 48.8 Å². The minimum Gasteiger partial charge on any atom is -0.296 e. The zero-order valence-corrected chi connectivity index (χ0v) is 12.6. The summed E-state index contributed by atoms with van der Waals surface area (Å²) in [5.74, 6) is 0. The maximum absolute atomic E-state index is 4.51. The fourth-order valence-corrected chi connectivity index (χ4v) is 3.02. The second-order valence-electron chi connectivity index (χ2n) is 4.43. The lowest BCUT2D eigenvalue weighted by Gasteiger charge is -2.34. The summed E-state index contributed by atoms with van der Waals surface area (Å²) in [6.45, 7) is 12.4. The van der Waals surface area contributed by atoms with Crippen LogP contribution in [0, 0.1) is 6.92 Å². The number of aryl methyl sites for hydroxylation is 1. The molecule has 1 aliphatic heterocycles. The van der Waals surface area contributed by atoms with Crippen molar-refractivity contribution in [2.45, 2.75) is 13.5 Å². The first-order chi connectivity index (χ1) is 8.13. The van der Waals surface area contributed by atoms with Crippen molar-refractivity contribution in [3.63, 3.8) is 0 Å². The fraction of sp³-hybridized carbons (Fsp3) is 0.583. The molecule has 0 amide bonds. The molecule has 0 unspecified atom stereocenters. The molecule has 0 spiro atoms. The maximum Gasteiger partial charge on any atom is 0.0897 e. The van der Waals surface area contributed by atoms with Gasteiger partial charge in [0.2, 0.25) is 0 Å². The van der Waals surface area contributed by atoms with Gasteiger partial charge >= 0.3 is 0 Å². The predicted octanol–water partition coefficient (Wildman–Crippen LogP) is 2.48. The molecule has 0 aromatic carbocycles. The summed E-state index contributed by atoms with van der Waals surface area (Å²) in [4.78, 5) is 9.42. The molecule has 5 heteroatoms. The number of nitrogens with zero attached hydrogens (tertiary/aromatic N) is 3. The van der Waals surface area contributed by atoms with Gasteiger partial charge < -0.3 is 0 Å². The highest BCUT2D eigenvalue weighted by atomic mass is 79.9. The SMILES string of the molecule is C=C(Br)CN1CCN(Cc2csc(C)n2)CC1. The molecule has 0 saturated carbocycles. The number of hydrogen-bond acceptors (Lipinski definition) is 4. The number of thiazole rings is 1. The van der Waals surface area contributed by atoms with Gasteiger partial charge in [-0.25, -0.2) is 4.98 Å². The summed E-state index contributed by atoms with van der Waals surface area (Å²) in [5.41, 5.74) is 1.21. The third kappa shape index (κ3) is 4.17. The van der Waals surface area contributed by atoms with Gasteiger partial charge in [0.05, 0.1) is 10.7 Å². The van der Waals surface area contributed by atoms with Crippen LogP contribution in [0.3, 0.4) is 0 Å². The molecule has 17 heavy (non-hydrogen) atoms. The van der Waals surface area contributed by atoms with Crippen LogP contribution in [0.25, 0.3) is 0 Å². The minimum absolute atomic E-state index is 0.962. The van der Waals surface area contributed by atoms with Gasteiger partial charge in [-0.05, 0) is 6.92 Å². The Kier molecular flexibility index (Phi) is 4.73. The Bertz CT molecular complexity index is 383. The van der Waals surface area contributed by atoms with Crippen molar-refractivity contribution in [3.8, 4) is 0 Å². The van der Waals surface area contributed by atoms with Crippen LogP contribution >= 0.6 is 27.3 Å². The summed E-state index contributed by atoms with van der Waals surface area (Å²) in [6, 6.07) is 0. The smallest absolute Gasteiger partial charge is 0.0897 e. The highest BCUT2D eigenvalue weighted by Gasteiger charge is 2.17. The van der Waals surface area contributed by atoms with Crippen molar-refractivity contribution in [1.29, 1.82) is 0 Å². The molecule has 0 bridgehead atoms. The summed E-state index contributed by atoms with van der Waals surface area (Å²) >= 11 is 5.16. The van der Waals surface area contributed by atoms with Crippen LogP contribution in [0.5, 0.6) is 0 Å². The van der Waals surface area contributed by atoms with E-state index in [9.17, 15) is 0 Å². The van der Waals surface area contributed by atoms with Gasteiger partial charge in [0.25, 0.3) is 0 Å². The lowest BCUT2D eigenvalue weighted by molar-refractivity contribution is 0.135. The Hall–Kier alpha value is -0.230. The first-order valence-corrected chi connectivity index (χ1v) is 7.50. The highest BCUT2D eigenvalue weighted by Crippen LogP contribution is 2.13. The quantitative estimate of drug-likeness (QED) is 0.851. The van der Waals surface area contributed by atoms with E-state index in [4.69, 9.17) is 0 Å². The van der Waals surface area contributed by atoms with Gasteiger partial charge in [0.15, 0.2) is 0 Å². The molecule has 94 valence electrons. The van der Waals surface area contributed by atoms with E-state index < -0.39 is 0 Å². The van der Waals surface area contributed by atoms with E-state index in [1.165, 1.54) is 5.69 Å². The van der Waals surface area contributed by atoms with Gasteiger partial charge in [0.1, 0.15) is 0 Å². The van der Waals surface area contributed by atoms with Crippen molar-refractivity contribution in [3.05, 3.63) is 27.1 Å². The lowest BCUT2D eigenvalue weighted by Crippen LogP contribution is -2.46. The van der Waals surface area contributed by atoms with Crippen LogP contribution in [0.2, 0.25) is 0 Å². The largest absolute Gasteiger partial charge is 0.296 e. The molecule has 3 nitrogen and oxygen atoms in total. The summed E-state index contributed by atoms with van der Waals surface area (Å²) in [7, 11) is 0. The first-order valence-electron chi connectivity index (χ1n) is 5.82. The Morgan fingerprint density at radius 3 is 2.59 bits per heavy atom. The first kappa shape index (κ1) is 13.2. The van der Waals surface area contributed by atoms with Crippen LogP contribution in [-0.4, -0.2) is 47.5 Å². The number of rotatable bonds is 4. The molecular formula is C12H18BrN3S. The molecule has 1 aliphatic rings. The summed E-state index contributed by atoms with van der Waals surface area (Å²) in [6.07, 6.45) is 0. The Balaban J connectivity index is 1.77. The normalized spacial score (nSPS) is 18.5. The average molecular weight is 316 g/mol. The van der Waals surface area contributed by atoms with Crippen LogP contribution in [0.1, 0.15) is 10.7 Å². The zero-order valence-electron chi connectivity index (χ0n) is 10.2. The van der Waals surface area contributed by atoms with Crippen molar-refractivity contribution in [2.24, 2.45) is 0 Å². The monoisotopic (exact) mass is 315 g/mol. The van der Waals surface area contributed by atoms with Gasteiger partial charge in [-0.15, -0.1) is 11.3 Å². The molecule has 0 atom stereocenters. The fourth-order valence-electron chi connectivity index (χ4n) is 2.06. The van der Waals surface area contributed by atoms with Crippen LogP contribution in [-0.2, 0) is 6.54 Å². The van der Waals surface area contributed by atoms with Crippen molar-refractivity contribution >= 4 is 27.3 Å². The van der Waals surface area contributed by atoms with Crippen LogP contribution in [0.15, 0.2) is 16.4 Å². The number of halogens is 1. The van der Waals surface area contributed by atoms with E-state index in [2.05, 4.69) is 49.6 Å². The third-order valence-corrected chi connectivity index (χ3v) is 3.99. The number of hydrogen-bond donors (Lipinski definition) is 0. The molecule has 1 aromatic heterocycles. The second kappa shape index (κ2) is 6.09. The number of piperazine rings is 1. The molecule has 2 heterocycles. The minimum atomic E-state index is 0.962. The van der Waals surface area contributed by atoms with Crippen molar-refractivity contribution < 1.29 is 0 Å². The van der Waals surface area contributed by atoms with E-state index in [1.54, 1.807) is 11.3 Å². The summed E-state index contributed by atoms with van der Waals surface area (Å²) < 4.78 is 1.07. The van der Waals surface area contributed by atoms with Gasteiger partial charge in [-0.1, -0.05) is 22.5 Å². The van der Waals surface area contributed by atoms with Crippen LogP contribution < -0.4 is 0 Å². The van der Waals surface area contributed by atoms with Gasteiger partial charge in [-0.3, -0.25) is 9.80 Å². The molecule has 1 aromatic rings. The molecule has 2 rings (SSSR count). The predicted molar refractivity (Wildman–Crippen MR) is 76.6 cm³/mol. The Morgan fingerprint density at radius 1 is 1.41 bits per heavy atom. The van der Waals surface area contributed by atoms with E-state index in [0.29, 0.717) is 0 Å². The summed E-state index contributed by atoms with van der Waals surface area (Å²) in [5, 5.41) is 3.33. The average Bonchev–Trinajstić information content (AvgIpc) is 2.66. The standard InChI is InChI=1S/C12H18BrN3S/c1-10(13)7-15-3-5-16(6-4-15)8-12-9-17-11(2)14-12/h9H,1,3-8H2,2H3. The topological polar surface area (TPSA) is 19.4 Å². The molecular weight excluding hydrogens is 298 g/mol. The molecule has 0 N–H and O–H groups in total. The third-order valence-electron chi connectivity index (χ3n) is 2.91.